The zero-order valence-corrected chi connectivity index (χ0v) is 10.5. The molecule has 94 valence electrons. The van der Waals surface area contributed by atoms with Crippen LogP contribution < -0.4 is 5.73 Å². The van der Waals surface area contributed by atoms with Crippen molar-refractivity contribution in [1.82, 2.24) is 20.2 Å². The molecule has 0 radical (unpaired) electrons. The average Bonchev–Trinajstić information content (AvgIpc) is 3.00. The van der Waals surface area contributed by atoms with E-state index >= 15 is 0 Å². The molecule has 1 fully saturated rings. The number of rotatable bonds is 2. The Morgan fingerprint density at radius 1 is 1.28 bits per heavy atom. The molecule has 1 aromatic heterocycles. The number of aromatic nitrogens is 4. The lowest BCUT2D eigenvalue weighted by Gasteiger charge is -2.12. The summed E-state index contributed by atoms with van der Waals surface area (Å²) in [6.07, 6.45) is 4.83. The van der Waals surface area contributed by atoms with Crippen molar-refractivity contribution in [3.63, 3.8) is 0 Å². The number of nitrogens with two attached hydrogens (primary N) is 1. The monoisotopic (exact) mass is 243 g/mol. The predicted octanol–water partition coefficient (Wildman–Crippen LogP) is 2.35. The van der Waals surface area contributed by atoms with Gasteiger partial charge in [0.05, 0.1) is 6.04 Å². The normalized spacial score (nSPS) is 16.3. The van der Waals surface area contributed by atoms with Crippen molar-refractivity contribution >= 4 is 5.69 Å². The number of anilines is 1. The van der Waals surface area contributed by atoms with Crippen LogP contribution in [0, 0.1) is 6.92 Å². The Hall–Kier alpha value is -1.91. The van der Waals surface area contributed by atoms with Crippen molar-refractivity contribution in [2.45, 2.75) is 38.6 Å². The highest BCUT2D eigenvalue weighted by molar-refractivity contribution is 5.72. The van der Waals surface area contributed by atoms with E-state index in [1.807, 2.05) is 29.8 Å². The molecule has 0 amide bonds. The molecule has 0 aliphatic heterocycles. The second kappa shape index (κ2) is 4.40. The van der Waals surface area contributed by atoms with Gasteiger partial charge in [-0.15, -0.1) is 5.10 Å². The van der Waals surface area contributed by atoms with Gasteiger partial charge in [0, 0.05) is 11.3 Å². The fourth-order valence-corrected chi connectivity index (χ4v) is 2.63. The smallest absolute Gasteiger partial charge is 0.184 e. The quantitative estimate of drug-likeness (QED) is 0.822. The van der Waals surface area contributed by atoms with Crippen LogP contribution in [0.1, 0.15) is 37.3 Å². The third kappa shape index (κ3) is 1.85. The van der Waals surface area contributed by atoms with Crippen LogP contribution in [0.25, 0.3) is 11.4 Å². The largest absolute Gasteiger partial charge is 0.398 e. The molecule has 0 unspecified atom stereocenters. The second-order valence-electron chi connectivity index (χ2n) is 4.98. The summed E-state index contributed by atoms with van der Waals surface area (Å²) < 4.78 is 1.94. The Kier molecular flexibility index (Phi) is 2.74. The molecule has 0 atom stereocenters. The SMILES string of the molecule is Cc1ccc(N)c(-c2nnnn2C2CCCC2)c1. The average molecular weight is 243 g/mol. The first-order chi connectivity index (χ1) is 8.75. The van der Waals surface area contributed by atoms with Crippen molar-refractivity contribution in [3.8, 4) is 11.4 Å². The summed E-state index contributed by atoms with van der Waals surface area (Å²) in [5.74, 6) is 0.795. The molecule has 2 N–H and O–H groups in total. The van der Waals surface area contributed by atoms with Crippen molar-refractivity contribution in [3.05, 3.63) is 23.8 Å². The molecule has 3 rings (SSSR count). The van der Waals surface area contributed by atoms with Gasteiger partial charge in [0.1, 0.15) is 0 Å². The van der Waals surface area contributed by atoms with Crippen LogP contribution in [0.15, 0.2) is 18.2 Å². The number of benzene rings is 1. The molecule has 2 aromatic rings. The Morgan fingerprint density at radius 2 is 2.06 bits per heavy atom. The van der Waals surface area contributed by atoms with Gasteiger partial charge >= 0.3 is 0 Å². The number of nitrogen functional groups attached to an aromatic ring is 1. The highest BCUT2D eigenvalue weighted by Crippen LogP contribution is 2.33. The Morgan fingerprint density at radius 3 is 2.83 bits per heavy atom. The van der Waals surface area contributed by atoms with Crippen LogP contribution in [-0.2, 0) is 0 Å². The topological polar surface area (TPSA) is 69.6 Å². The molecule has 0 spiro atoms. The van der Waals surface area contributed by atoms with Crippen LogP contribution in [0.2, 0.25) is 0 Å². The van der Waals surface area contributed by atoms with Gasteiger partial charge in [-0.1, -0.05) is 24.5 Å². The number of nitrogens with zero attached hydrogens (tertiary/aromatic N) is 4. The lowest BCUT2D eigenvalue weighted by Crippen LogP contribution is -2.09. The molecule has 1 saturated carbocycles. The molecular formula is C13H17N5. The van der Waals surface area contributed by atoms with Gasteiger partial charge in [0.2, 0.25) is 0 Å². The van der Waals surface area contributed by atoms with Gasteiger partial charge in [0.15, 0.2) is 5.82 Å². The zero-order chi connectivity index (χ0) is 12.5. The van der Waals surface area contributed by atoms with E-state index in [9.17, 15) is 0 Å². The van der Waals surface area contributed by atoms with Crippen LogP contribution in [-0.4, -0.2) is 20.2 Å². The van der Waals surface area contributed by atoms with E-state index in [0.29, 0.717) is 6.04 Å². The molecule has 1 aromatic carbocycles. The van der Waals surface area contributed by atoms with Gasteiger partial charge in [-0.3, -0.25) is 0 Å². The lowest BCUT2D eigenvalue weighted by atomic mass is 10.1. The molecule has 0 saturated heterocycles. The Balaban J connectivity index is 2.06. The third-order valence-corrected chi connectivity index (χ3v) is 3.61. The van der Waals surface area contributed by atoms with Gasteiger partial charge in [0.25, 0.3) is 0 Å². The fourth-order valence-electron chi connectivity index (χ4n) is 2.63. The van der Waals surface area contributed by atoms with E-state index in [2.05, 4.69) is 15.5 Å². The van der Waals surface area contributed by atoms with E-state index in [1.54, 1.807) is 0 Å². The summed E-state index contributed by atoms with van der Waals surface area (Å²) in [5, 5.41) is 12.1. The summed E-state index contributed by atoms with van der Waals surface area (Å²) in [4.78, 5) is 0. The summed E-state index contributed by atoms with van der Waals surface area (Å²) in [6.45, 7) is 2.05. The van der Waals surface area contributed by atoms with Crippen LogP contribution in [0.5, 0.6) is 0 Å². The minimum absolute atomic E-state index is 0.426. The van der Waals surface area contributed by atoms with E-state index in [4.69, 9.17) is 5.73 Å². The minimum Gasteiger partial charge on any atom is -0.398 e. The van der Waals surface area contributed by atoms with Gasteiger partial charge in [-0.05, 0) is 42.3 Å². The summed E-state index contributed by atoms with van der Waals surface area (Å²) in [7, 11) is 0. The van der Waals surface area contributed by atoms with Crippen molar-refractivity contribution in [1.29, 1.82) is 0 Å². The van der Waals surface area contributed by atoms with E-state index in [-0.39, 0.29) is 0 Å². The molecule has 5 heteroatoms. The van der Waals surface area contributed by atoms with Crippen LogP contribution in [0.3, 0.4) is 0 Å². The second-order valence-corrected chi connectivity index (χ2v) is 4.98. The molecule has 0 bridgehead atoms. The number of hydrogen-bond acceptors (Lipinski definition) is 4. The van der Waals surface area contributed by atoms with E-state index in [0.717, 1.165) is 29.9 Å². The first-order valence-corrected chi connectivity index (χ1v) is 6.40. The summed E-state index contributed by atoms with van der Waals surface area (Å²) in [6, 6.07) is 6.39. The zero-order valence-electron chi connectivity index (χ0n) is 10.5. The summed E-state index contributed by atoms with van der Waals surface area (Å²) in [5.41, 5.74) is 8.87. The maximum atomic E-state index is 6.04. The Bertz CT molecular complexity index is 554. The van der Waals surface area contributed by atoms with E-state index in [1.165, 1.54) is 18.4 Å². The lowest BCUT2D eigenvalue weighted by molar-refractivity contribution is 0.458. The maximum Gasteiger partial charge on any atom is 0.184 e. The molecular weight excluding hydrogens is 226 g/mol. The predicted molar refractivity (Wildman–Crippen MR) is 69.9 cm³/mol. The Labute approximate surface area is 106 Å². The minimum atomic E-state index is 0.426. The molecule has 18 heavy (non-hydrogen) atoms. The van der Waals surface area contributed by atoms with Crippen LogP contribution in [0.4, 0.5) is 5.69 Å². The number of tetrazole rings is 1. The number of aryl methyl sites for hydroxylation is 1. The van der Waals surface area contributed by atoms with E-state index < -0.39 is 0 Å². The first kappa shape index (κ1) is 11.2. The van der Waals surface area contributed by atoms with Gasteiger partial charge in [-0.2, -0.15) is 0 Å². The molecule has 5 nitrogen and oxygen atoms in total. The molecule has 1 aliphatic rings. The van der Waals surface area contributed by atoms with Crippen LogP contribution >= 0.6 is 0 Å². The molecule has 1 aliphatic carbocycles. The first-order valence-electron chi connectivity index (χ1n) is 6.40. The van der Waals surface area contributed by atoms with Crippen molar-refractivity contribution in [2.24, 2.45) is 0 Å². The third-order valence-electron chi connectivity index (χ3n) is 3.61. The summed E-state index contributed by atoms with van der Waals surface area (Å²) >= 11 is 0. The standard InChI is InChI=1S/C13H17N5/c1-9-6-7-12(14)11(8-9)13-15-16-17-18(13)10-4-2-3-5-10/h6-8,10H,2-5,14H2,1H3. The number of hydrogen-bond donors (Lipinski definition) is 1. The van der Waals surface area contributed by atoms with Gasteiger partial charge in [-0.25, -0.2) is 4.68 Å². The highest BCUT2D eigenvalue weighted by atomic mass is 15.5. The van der Waals surface area contributed by atoms with Gasteiger partial charge < -0.3 is 5.73 Å². The fraction of sp³-hybridized carbons (Fsp3) is 0.462. The van der Waals surface area contributed by atoms with Crippen molar-refractivity contribution < 1.29 is 0 Å². The highest BCUT2D eigenvalue weighted by Gasteiger charge is 2.22. The van der Waals surface area contributed by atoms with Crippen molar-refractivity contribution in [2.75, 3.05) is 5.73 Å². The molecule has 1 heterocycles. The maximum absolute atomic E-state index is 6.04.